The van der Waals surface area contributed by atoms with Crippen LogP contribution in [-0.2, 0) is 6.54 Å². The molecule has 0 radical (unpaired) electrons. The molecule has 1 N–H and O–H groups in total. The lowest BCUT2D eigenvalue weighted by atomic mass is 10.1. The minimum atomic E-state index is 0.342. The van der Waals surface area contributed by atoms with E-state index in [0.29, 0.717) is 10.7 Å². The summed E-state index contributed by atoms with van der Waals surface area (Å²) >= 11 is 3.99. The number of thioether (sulfide) groups is 1. The molecule has 1 saturated heterocycles. The first-order chi connectivity index (χ1) is 9.94. The lowest BCUT2D eigenvalue weighted by Crippen LogP contribution is -2.43. The lowest BCUT2D eigenvalue weighted by molar-refractivity contribution is 0.644. The molecular formula is C16H27N3S2. The molecule has 0 bridgehead atoms. The van der Waals surface area contributed by atoms with Crippen LogP contribution in [0, 0.1) is 0 Å². The van der Waals surface area contributed by atoms with Gasteiger partial charge in [-0.3, -0.25) is 0 Å². The van der Waals surface area contributed by atoms with Gasteiger partial charge in [0.2, 0.25) is 0 Å². The summed E-state index contributed by atoms with van der Waals surface area (Å²) in [5.41, 5.74) is 1.30. The predicted octanol–water partition coefficient (Wildman–Crippen LogP) is 3.85. The van der Waals surface area contributed by atoms with E-state index in [2.05, 4.69) is 49.7 Å². The van der Waals surface area contributed by atoms with Crippen molar-refractivity contribution in [1.82, 2.24) is 10.3 Å². The summed E-state index contributed by atoms with van der Waals surface area (Å²) in [5.74, 6) is 1.72. The van der Waals surface area contributed by atoms with Gasteiger partial charge >= 0.3 is 0 Å². The zero-order valence-corrected chi connectivity index (χ0v) is 15.2. The van der Waals surface area contributed by atoms with E-state index in [-0.39, 0.29) is 0 Å². The average Bonchev–Trinajstić information content (AvgIpc) is 3.13. The topological polar surface area (TPSA) is 28.2 Å². The second-order valence-electron chi connectivity index (χ2n) is 7.14. The molecule has 1 saturated carbocycles. The van der Waals surface area contributed by atoms with Crippen LogP contribution in [0.3, 0.4) is 0 Å². The maximum atomic E-state index is 4.99. The first-order valence-corrected chi connectivity index (χ1v) is 9.87. The van der Waals surface area contributed by atoms with Gasteiger partial charge in [-0.15, -0.1) is 11.3 Å². The quantitative estimate of drug-likeness (QED) is 0.890. The van der Waals surface area contributed by atoms with Crippen molar-refractivity contribution in [2.24, 2.45) is 0 Å². The van der Waals surface area contributed by atoms with E-state index in [0.717, 1.165) is 25.7 Å². The minimum absolute atomic E-state index is 0.342. The molecule has 3 nitrogen and oxygen atoms in total. The first-order valence-electron chi connectivity index (χ1n) is 8.06. The van der Waals surface area contributed by atoms with E-state index >= 15 is 0 Å². The molecular weight excluding hydrogens is 298 g/mol. The first kappa shape index (κ1) is 15.6. The maximum absolute atomic E-state index is 4.99. The van der Waals surface area contributed by atoms with E-state index in [4.69, 9.17) is 4.98 Å². The van der Waals surface area contributed by atoms with Crippen LogP contribution >= 0.6 is 23.1 Å². The molecule has 2 aliphatic rings. The summed E-state index contributed by atoms with van der Waals surface area (Å²) < 4.78 is 0.342. The minimum Gasteiger partial charge on any atom is -0.346 e. The highest BCUT2D eigenvalue weighted by atomic mass is 32.2. The van der Waals surface area contributed by atoms with Crippen molar-refractivity contribution >= 4 is 28.2 Å². The molecule has 1 aliphatic carbocycles. The Bertz CT molecular complexity index is 492. The van der Waals surface area contributed by atoms with Crippen molar-refractivity contribution in [3.8, 4) is 0 Å². The predicted molar refractivity (Wildman–Crippen MR) is 94.8 cm³/mol. The van der Waals surface area contributed by atoms with Gasteiger partial charge in [-0.25, -0.2) is 4.98 Å². The Balaban J connectivity index is 1.76. The summed E-state index contributed by atoms with van der Waals surface area (Å²) in [6, 6.07) is 0.765. The van der Waals surface area contributed by atoms with Crippen LogP contribution in [-0.4, -0.2) is 34.6 Å². The fourth-order valence-electron chi connectivity index (χ4n) is 2.77. The number of anilines is 1. The Morgan fingerprint density at radius 1 is 1.38 bits per heavy atom. The average molecular weight is 326 g/mol. The fraction of sp³-hybridized carbons (Fsp3) is 0.812. The third-order valence-electron chi connectivity index (χ3n) is 4.09. The van der Waals surface area contributed by atoms with Crippen LogP contribution in [0.25, 0.3) is 0 Å². The van der Waals surface area contributed by atoms with Crippen molar-refractivity contribution in [3.63, 3.8) is 0 Å². The lowest BCUT2D eigenvalue weighted by Gasteiger charge is -2.37. The molecule has 21 heavy (non-hydrogen) atoms. The summed E-state index contributed by atoms with van der Waals surface area (Å²) in [6.07, 6.45) is 2.69. The van der Waals surface area contributed by atoms with Gasteiger partial charge in [0.25, 0.3) is 0 Å². The molecule has 118 valence electrons. The van der Waals surface area contributed by atoms with Crippen molar-refractivity contribution < 1.29 is 0 Å². The molecule has 0 unspecified atom stereocenters. The van der Waals surface area contributed by atoms with Gasteiger partial charge in [0, 0.05) is 41.1 Å². The molecule has 1 aromatic heterocycles. The zero-order valence-electron chi connectivity index (χ0n) is 13.6. The SMILES string of the molecule is CC(C)c1nc(N2CCSC(C)(C)C2)sc1CNC1CC1. The van der Waals surface area contributed by atoms with Gasteiger partial charge in [-0.05, 0) is 32.6 Å². The van der Waals surface area contributed by atoms with Crippen molar-refractivity contribution in [1.29, 1.82) is 0 Å². The van der Waals surface area contributed by atoms with Gasteiger partial charge in [-0.2, -0.15) is 11.8 Å². The van der Waals surface area contributed by atoms with Crippen molar-refractivity contribution in [3.05, 3.63) is 10.6 Å². The zero-order chi connectivity index (χ0) is 15.0. The number of nitrogens with one attached hydrogen (secondary N) is 1. The van der Waals surface area contributed by atoms with Crippen LogP contribution in [0.15, 0.2) is 0 Å². The van der Waals surface area contributed by atoms with E-state index in [1.54, 1.807) is 0 Å². The van der Waals surface area contributed by atoms with Crippen molar-refractivity contribution in [2.45, 2.75) is 63.8 Å². The third-order valence-corrected chi connectivity index (χ3v) is 6.52. The molecule has 0 aromatic carbocycles. The number of hydrogen-bond donors (Lipinski definition) is 1. The Labute approximate surface area is 136 Å². The highest BCUT2D eigenvalue weighted by molar-refractivity contribution is 8.00. The Kier molecular flexibility index (Phi) is 4.53. The Hall–Kier alpha value is -0.260. The van der Waals surface area contributed by atoms with Crippen LogP contribution in [0.2, 0.25) is 0 Å². The fourth-order valence-corrected chi connectivity index (χ4v) is 5.07. The number of nitrogens with zero attached hydrogens (tertiary/aromatic N) is 2. The van der Waals surface area contributed by atoms with Gasteiger partial charge < -0.3 is 10.2 Å². The van der Waals surface area contributed by atoms with Crippen LogP contribution < -0.4 is 10.2 Å². The molecule has 1 aliphatic heterocycles. The maximum Gasteiger partial charge on any atom is 0.185 e. The Morgan fingerprint density at radius 3 is 2.76 bits per heavy atom. The summed E-state index contributed by atoms with van der Waals surface area (Å²) in [6.45, 7) is 12.5. The molecule has 0 spiro atoms. The summed E-state index contributed by atoms with van der Waals surface area (Å²) in [7, 11) is 0. The molecule has 2 fully saturated rings. The highest BCUT2D eigenvalue weighted by Gasteiger charge is 2.30. The van der Waals surface area contributed by atoms with Crippen LogP contribution in [0.5, 0.6) is 0 Å². The summed E-state index contributed by atoms with van der Waals surface area (Å²) in [4.78, 5) is 8.93. The normalized spacial score (nSPS) is 22.0. The van der Waals surface area contributed by atoms with Gasteiger partial charge in [-0.1, -0.05) is 13.8 Å². The molecule has 2 heterocycles. The number of rotatable bonds is 5. The van der Waals surface area contributed by atoms with E-state index < -0.39 is 0 Å². The number of aromatic nitrogens is 1. The standard InChI is InChI=1S/C16H27N3S2/c1-11(2)14-13(9-17-12-5-6-12)21-15(18-14)19-7-8-20-16(3,4)10-19/h11-12,17H,5-10H2,1-4H3. The van der Waals surface area contributed by atoms with Gasteiger partial charge in [0.15, 0.2) is 5.13 Å². The molecule has 0 amide bonds. The van der Waals surface area contributed by atoms with Gasteiger partial charge in [0.05, 0.1) is 5.69 Å². The highest BCUT2D eigenvalue weighted by Crippen LogP contribution is 2.36. The van der Waals surface area contributed by atoms with Crippen LogP contribution in [0.4, 0.5) is 5.13 Å². The smallest absolute Gasteiger partial charge is 0.185 e. The number of hydrogen-bond acceptors (Lipinski definition) is 5. The molecule has 3 rings (SSSR count). The van der Waals surface area contributed by atoms with E-state index in [1.807, 2.05) is 11.3 Å². The van der Waals surface area contributed by atoms with Crippen LogP contribution in [0.1, 0.15) is 57.0 Å². The second-order valence-corrected chi connectivity index (χ2v) is 10.0. The Morgan fingerprint density at radius 2 is 2.14 bits per heavy atom. The van der Waals surface area contributed by atoms with Gasteiger partial charge in [0.1, 0.15) is 0 Å². The van der Waals surface area contributed by atoms with E-state index in [1.165, 1.54) is 34.3 Å². The third kappa shape index (κ3) is 3.93. The molecule has 5 heteroatoms. The number of thiazole rings is 1. The monoisotopic (exact) mass is 325 g/mol. The largest absolute Gasteiger partial charge is 0.346 e. The molecule has 1 aromatic rings. The van der Waals surface area contributed by atoms with Crippen molar-refractivity contribution in [2.75, 3.05) is 23.7 Å². The summed E-state index contributed by atoms with van der Waals surface area (Å²) in [5, 5.41) is 4.88. The second kappa shape index (κ2) is 6.09. The van der Waals surface area contributed by atoms with E-state index in [9.17, 15) is 0 Å². The molecule has 0 atom stereocenters.